The summed E-state index contributed by atoms with van der Waals surface area (Å²) in [6, 6.07) is 18.9. The van der Waals surface area contributed by atoms with E-state index in [4.69, 9.17) is 12.4 Å². The molecule has 3 nitrogen and oxygen atoms in total. The summed E-state index contributed by atoms with van der Waals surface area (Å²) in [5.74, 6) is 0. The van der Waals surface area contributed by atoms with E-state index in [1.165, 1.54) is 5.56 Å². The largest absolute Gasteiger partial charge is 0.456 e. The summed E-state index contributed by atoms with van der Waals surface area (Å²) in [6.45, 7) is 13.8. The quantitative estimate of drug-likeness (QED) is 0.225. The minimum Gasteiger partial charge on any atom is -0.456 e. The van der Waals surface area contributed by atoms with Gasteiger partial charge in [0, 0.05) is 28.4 Å². The summed E-state index contributed by atoms with van der Waals surface area (Å²) < 4.78 is 16.7. The molecule has 0 saturated heterocycles. The van der Waals surface area contributed by atoms with E-state index in [-0.39, 0.29) is 0 Å². The van der Waals surface area contributed by atoms with Gasteiger partial charge in [0.05, 0.1) is 13.5 Å². The van der Waals surface area contributed by atoms with E-state index in [9.17, 15) is 0 Å². The van der Waals surface area contributed by atoms with Crippen LogP contribution in [0.1, 0.15) is 18.1 Å². The van der Waals surface area contributed by atoms with Crippen LogP contribution in [0.3, 0.4) is 0 Å². The maximum atomic E-state index is 8.13. The third kappa shape index (κ3) is 3.00. The van der Waals surface area contributed by atoms with Crippen LogP contribution in [0.2, 0.25) is 0 Å². The molecule has 0 spiro atoms. The molecule has 0 bridgehead atoms. The maximum absolute atomic E-state index is 8.13. The van der Waals surface area contributed by atoms with E-state index >= 15 is 0 Å². The zero-order valence-corrected chi connectivity index (χ0v) is 18.1. The molecular weight excluding hydrogens is 380 g/mol. The third-order valence-corrected chi connectivity index (χ3v) is 5.93. The molecule has 0 aliphatic heterocycles. The summed E-state index contributed by atoms with van der Waals surface area (Å²) in [6.07, 6.45) is 1.83. The van der Waals surface area contributed by atoms with Crippen LogP contribution in [0, 0.1) is 27.3 Å². The van der Waals surface area contributed by atoms with Gasteiger partial charge < -0.3 is 4.42 Å². The molecule has 0 aliphatic carbocycles. The van der Waals surface area contributed by atoms with Gasteiger partial charge in [-0.05, 0) is 37.5 Å². The Morgan fingerprint density at radius 3 is 2.26 bits per heavy atom. The maximum Gasteiger partial charge on any atom is 0.216 e. The molecule has 0 unspecified atom stereocenters. The predicted octanol–water partition coefficient (Wildman–Crippen LogP) is 7.22. The number of furan rings is 1. The van der Waals surface area contributed by atoms with Gasteiger partial charge in [0.1, 0.15) is 18.2 Å². The Morgan fingerprint density at radius 1 is 0.871 bits per heavy atom. The van der Waals surface area contributed by atoms with Gasteiger partial charge in [-0.1, -0.05) is 54.1 Å². The fourth-order valence-electron chi connectivity index (χ4n) is 4.27. The molecule has 0 saturated carbocycles. The van der Waals surface area contributed by atoms with Crippen molar-refractivity contribution in [1.29, 1.82) is 0 Å². The fourth-order valence-corrected chi connectivity index (χ4v) is 4.27. The first kappa shape index (κ1) is 17.9. The van der Waals surface area contributed by atoms with Crippen molar-refractivity contribution in [3.8, 4) is 22.4 Å². The number of benzene rings is 3. The fraction of sp³-hybridized carbons (Fsp3) is 0.143. The Kier molecular flexibility index (Phi) is 4.11. The molecule has 31 heavy (non-hydrogen) atoms. The lowest BCUT2D eigenvalue weighted by atomic mass is 9.97. The van der Waals surface area contributed by atoms with Crippen LogP contribution in [0.4, 0.5) is 5.69 Å². The van der Waals surface area contributed by atoms with E-state index in [2.05, 4.69) is 55.1 Å². The lowest BCUT2D eigenvalue weighted by Gasteiger charge is -2.06. The number of nitrogens with zero attached hydrogens (tertiary/aromatic N) is 2. The minimum absolute atomic E-state index is 0.508. The molecule has 5 aromatic rings. The third-order valence-electron chi connectivity index (χ3n) is 5.93. The SMILES string of the molecule is [2H]c1c[n+](C)c(-c2c(C)ccc3c2oc2c(-c4ccc(C)cc4)c([N+]#[C-])ccc23)cc1C. The first-order valence-electron chi connectivity index (χ1n) is 10.8. The van der Waals surface area contributed by atoms with Crippen molar-refractivity contribution in [3.05, 3.63) is 94.9 Å². The number of hydrogen-bond donors (Lipinski definition) is 0. The van der Waals surface area contributed by atoms with Crippen LogP contribution in [-0.2, 0) is 7.05 Å². The molecule has 2 heterocycles. The van der Waals surface area contributed by atoms with Gasteiger partial charge in [-0.25, -0.2) is 9.41 Å². The summed E-state index contributed by atoms with van der Waals surface area (Å²) >= 11 is 0. The molecule has 0 amide bonds. The molecule has 0 fully saturated rings. The number of aryl methyl sites for hydroxylation is 4. The van der Waals surface area contributed by atoms with Gasteiger partial charge in [-0.3, -0.25) is 0 Å². The molecule has 3 aromatic carbocycles. The number of fused-ring (bicyclic) bond motifs is 3. The van der Waals surface area contributed by atoms with E-state index in [1.807, 2.05) is 42.9 Å². The summed E-state index contributed by atoms with van der Waals surface area (Å²) in [4.78, 5) is 3.79. The van der Waals surface area contributed by atoms with Crippen molar-refractivity contribution in [2.24, 2.45) is 7.05 Å². The highest BCUT2D eigenvalue weighted by Gasteiger charge is 2.23. The topological polar surface area (TPSA) is 21.4 Å². The number of aromatic nitrogens is 1. The first-order chi connectivity index (χ1) is 15.4. The normalized spacial score (nSPS) is 11.6. The molecule has 0 N–H and O–H groups in total. The van der Waals surface area contributed by atoms with E-state index in [0.29, 0.717) is 11.7 Å². The average molecular weight is 405 g/mol. The number of pyridine rings is 1. The highest BCUT2D eigenvalue weighted by atomic mass is 16.3. The molecular formula is C28H23N2O+. The first-order valence-corrected chi connectivity index (χ1v) is 10.3. The van der Waals surface area contributed by atoms with E-state index in [0.717, 1.165) is 55.4 Å². The van der Waals surface area contributed by atoms with Crippen molar-refractivity contribution >= 4 is 27.6 Å². The molecule has 0 radical (unpaired) electrons. The van der Waals surface area contributed by atoms with Crippen LogP contribution in [0.5, 0.6) is 0 Å². The summed E-state index contributed by atoms with van der Waals surface area (Å²) in [5.41, 5.74) is 9.15. The lowest BCUT2D eigenvalue weighted by Crippen LogP contribution is -2.30. The second kappa shape index (κ2) is 7.11. The van der Waals surface area contributed by atoms with Crippen molar-refractivity contribution < 1.29 is 10.4 Å². The second-order valence-electron chi connectivity index (χ2n) is 8.15. The monoisotopic (exact) mass is 404 g/mol. The standard InChI is InChI=1S/C28H23N2O/c1-17-6-9-20(10-7-17)26-23(29-4)13-12-22-21-11-8-19(3)25(27(21)31-28(22)26)24-16-18(2)14-15-30(24)5/h6-16H,1-3,5H3/q+1/i14D. The molecule has 3 heteroatoms. The summed E-state index contributed by atoms with van der Waals surface area (Å²) in [5, 5.41) is 2.03. The van der Waals surface area contributed by atoms with Crippen molar-refractivity contribution in [2.45, 2.75) is 20.8 Å². The Bertz CT molecular complexity index is 1570. The zero-order valence-electron chi connectivity index (χ0n) is 19.1. The van der Waals surface area contributed by atoms with Crippen LogP contribution in [-0.4, -0.2) is 0 Å². The van der Waals surface area contributed by atoms with Crippen LogP contribution in [0.25, 0.3) is 49.2 Å². The Morgan fingerprint density at radius 2 is 1.55 bits per heavy atom. The smallest absolute Gasteiger partial charge is 0.216 e. The average Bonchev–Trinajstić information content (AvgIpc) is 3.15. The number of hydrogen-bond acceptors (Lipinski definition) is 1. The highest BCUT2D eigenvalue weighted by molar-refractivity contribution is 6.15. The molecule has 5 rings (SSSR count). The van der Waals surface area contributed by atoms with Gasteiger partial charge in [-0.15, -0.1) is 0 Å². The van der Waals surface area contributed by atoms with Crippen LogP contribution >= 0.6 is 0 Å². The second-order valence-corrected chi connectivity index (χ2v) is 8.15. The molecule has 0 aliphatic rings. The predicted molar refractivity (Wildman–Crippen MR) is 126 cm³/mol. The minimum atomic E-state index is 0.508. The van der Waals surface area contributed by atoms with Crippen LogP contribution in [0.15, 0.2) is 71.3 Å². The van der Waals surface area contributed by atoms with Gasteiger partial charge in [0.2, 0.25) is 5.69 Å². The zero-order chi connectivity index (χ0) is 22.6. The Hall–Kier alpha value is -3.90. The van der Waals surface area contributed by atoms with Crippen molar-refractivity contribution in [2.75, 3.05) is 0 Å². The highest BCUT2D eigenvalue weighted by Crippen LogP contribution is 2.44. The summed E-state index contributed by atoms with van der Waals surface area (Å²) in [7, 11) is 1.96. The Balaban J connectivity index is 1.90. The molecule has 0 atom stereocenters. The van der Waals surface area contributed by atoms with E-state index < -0.39 is 0 Å². The molecule has 150 valence electrons. The van der Waals surface area contributed by atoms with Gasteiger partial charge >= 0.3 is 0 Å². The van der Waals surface area contributed by atoms with E-state index in [1.54, 1.807) is 0 Å². The van der Waals surface area contributed by atoms with Crippen molar-refractivity contribution in [3.63, 3.8) is 0 Å². The number of rotatable bonds is 2. The van der Waals surface area contributed by atoms with Gasteiger partial charge in [-0.2, -0.15) is 0 Å². The van der Waals surface area contributed by atoms with Gasteiger partial charge in [0.25, 0.3) is 0 Å². The Labute approximate surface area is 183 Å². The lowest BCUT2D eigenvalue weighted by molar-refractivity contribution is -0.660. The molecule has 2 aromatic heterocycles. The van der Waals surface area contributed by atoms with Crippen LogP contribution < -0.4 is 4.57 Å². The van der Waals surface area contributed by atoms with Crippen molar-refractivity contribution in [1.82, 2.24) is 0 Å². The van der Waals surface area contributed by atoms with Gasteiger partial charge in [0.15, 0.2) is 11.9 Å².